The molecule has 0 saturated carbocycles. The number of hydrogen-bond donors (Lipinski definition) is 0. The molecule has 3 aromatic rings. The Labute approximate surface area is 143 Å². The number of hydrogen-bond acceptors (Lipinski definition) is 3. The van der Waals surface area contributed by atoms with Crippen molar-refractivity contribution in [3.63, 3.8) is 0 Å². The molecule has 0 unspecified atom stereocenters. The Balaban J connectivity index is 1.97. The van der Waals surface area contributed by atoms with Gasteiger partial charge in [0.15, 0.2) is 0 Å². The zero-order valence-electron chi connectivity index (χ0n) is 14.4. The van der Waals surface area contributed by atoms with E-state index < -0.39 is 8.07 Å². The van der Waals surface area contributed by atoms with Crippen LogP contribution in [0.5, 0.6) is 0 Å². The molecule has 0 bridgehead atoms. The molecule has 3 heterocycles. The normalized spacial score (nSPS) is 11.0. The van der Waals surface area contributed by atoms with Crippen LogP contribution in [0.15, 0.2) is 49.1 Å². The van der Waals surface area contributed by atoms with Crippen molar-refractivity contribution in [2.45, 2.75) is 19.6 Å². The number of nitrogens with zero attached hydrogens (tertiary/aromatic N) is 4. The van der Waals surface area contributed by atoms with Gasteiger partial charge in [-0.2, -0.15) is 5.10 Å². The van der Waals surface area contributed by atoms with E-state index in [1.54, 1.807) is 12.4 Å². The molecule has 0 fully saturated rings. The smallest absolute Gasteiger partial charge is 0.129 e. The van der Waals surface area contributed by atoms with Crippen molar-refractivity contribution in [2.24, 2.45) is 7.05 Å². The minimum Gasteiger partial charge on any atom is -0.275 e. The van der Waals surface area contributed by atoms with Crippen LogP contribution in [0.1, 0.15) is 5.69 Å². The van der Waals surface area contributed by atoms with Gasteiger partial charge in [0, 0.05) is 43.0 Å². The van der Waals surface area contributed by atoms with E-state index in [0.717, 1.165) is 28.1 Å². The molecule has 4 nitrogen and oxygen atoms in total. The molecule has 0 aliphatic carbocycles. The highest BCUT2D eigenvalue weighted by Gasteiger charge is 2.12. The number of pyridine rings is 2. The van der Waals surface area contributed by atoms with Gasteiger partial charge in [0.25, 0.3) is 0 Å². The summed E-state index contributed by atoms with van der Waals surface area (Å²) in [6.45, 7) is 6.68. The lowest BCUT2D eigenvalue weighted by atomic mass is 10.0. The van der Waals surface area contributed by atoms with E-state index in [1.165, 1.54) is 0 Å². The lowest BCUT2D eigenvalue weighted by Crippen LogP contribution is -2.16. The topological polar surface area (TPSA) is 43.6 Å². The van der Waals surface area contributed by atoms with Crippen molar-refractivity contribution >= 4 is 8.07 Å². The summed E-state index contributed by atoms with van der Waals surface area (Å²) in [4.78, 5) is 8.57. The Morgan fingerprint density at radius 1 is 1.00 bits per heavy atom. The Morgan fingerprint density at radius 3 is 2.38 bits per heavy atom. The monoisotopic (exact) mass is 332 g/mol. The van der Waals surface area contributed by atoms with E-state index >= 15 is 0 Å². The molecule has 0 aromatic carbocycles. The van der Waals surface area contributed by atoms with Crippen LogP contribution in [0.4, 0.5) is 0 Å². The van der Waals surface area contributed by atoms with E-state index in [9.17, 15) is 0 Å². The quantitative estimate of drug-likeness (QED) is 0.530. The third kappa shape index (κ3) is 3.78. The Hall–Kier alpha value is -2.71. The van der Waals surface area contributed by atoms with Gasteiger partial charge in [-0.05, 0) is 29.8 Å². The van der Waals surface area contributed by atoms with Crippen LogP contribution in [-0.2, 0) is 7.05 Å². The van der Waals surface area contributed by atoms with Gasteiger partial charge >= 0.3 is 0 Å². The molecule has 0 radical (unpaired) electrons. The lowest BCUT2D eigenvalue weighted by molar-refractivity contribution is 0.771. The maximum atomic E-state index is 4.60. The number of aromatic nitrogens is 4. The van der Waals surface area contributed by atoms with Crippen molar-refractivity contribution in [1.29, 1.82) is 0 Å². The van der Waals surface area contributed by atoms with E-state index in [2.05, 4.69) is 46.2 Å². The molecule has 3 rings (SSSR count). The van der Waals surface area contributed by atoms with Gasteiger partial charge in [0.05, 0.1) is 0 Å². The van der Waals surface area contributed by atoms with Crippen LogP contribution in [0.2, 0.25) is 19.6 Å². The first kappa shape index (κ1) is 16.2. The average Bonchev–Trinajstić information content (AvgIpc) is 2.95. The largest absolute Gasteiger partial charge is 0.275 e. The summed E-state index contributed by atoms with van der Waals surface area (Å²) in [6, 6.07) is 7.98. The minimum atomic E-state index is -1.39. The molecule has 0 atom stereocenters. The summed E-state index contributed by atoms with van der Waals surface area (Å²) >= 11 is 0. The first-order valence-corrected chi connectivity index (χ1v) is 11.4. The van der Waals surface area contributed by atoms with Gasteiger partial charge < -0.3 is 0 Å². The fourth-order valence-corrected chi connectivity index (χ4v) is 2.81. The molecular weight excluding hydrogens is 312 g/mol. The minimum absolute atomic E-state index is 0.808. The first-order valence-electron chi connectivity index (χ1n) is 7.86. The third-order valence-electron chi connectivity index (χ3n) is 3.42. The highest BCUT2D eigenvalue weighted by atomic mass is 28.3. The highest BCUT2D eigenvalue weighted by molar-refractivity contribution is 6.83. The van der Waals surface area contributed by atoms with Crippen LogP contribution in [0.3, 0.4) is 0 Å². The zero-order chi connectivity index (χ0) is 17.2. The third-order valence-corrected chi connectivity index (χ3v) is 4.30. The molecular formula is C19H20N4Si. The molecule has 0 saturated heterocycles. The number of rotatable bonds is 2. The number of aryl methyl sites for hydroxylation is 1. The molecule has 5 heteroatoms. The average molecular weight is 332 g/mol. The van der Waals surface area contributed by atoms with Crippen LogP contribution < -0.4 is 0 Å². The fraction of sp³-hybridized carbons (Fsp3) is 0.211. The standard InChI is InChI=1S/C19H20N4Si/c1-23-14-18(15-7-10-20-11-8-15)19(22-23)16-5-6-17(21-13-16)9-12-24(2,3)4/h5-8,10-11,13-14H,1-4H3. The van der Waals surface area contributed by atoms with Crippen molar-refractivity contribution in [2.75, 3.05) is 0 Å². The van der Waals surface area contributed by atoms with Gasteiger partial charge in [0.2, 0.25) is 0 Å². The second kappa shape index (κ2) is 6.42. The first-order chi connectivity index (χ1) is 11.4. The summed E-state index contributed by atoms with van der Waals surface area (Å²) in [5.74, 6) is 3.18. The molecule has 0 N–H and O–H groups in total. The van der Waals surface area contributed by atoms with Crippen molar-refractivity contribution in [1.82, 2.24) is 19.7 Å². The lowest BCUT2D eigenvalue weighted by Gasteiger charge is -2.04. The van der Waals surface area contributed by atoms with Crippen molar-refractivity contribution < 1.29 is 0 Å². The summed E-state index contributed by atoms with van der Waals surface area (Å²) in [5.41, 5.74) is 8.22. The molecule has 0 aliphatic heterocycles. The van der Waals surface area contributed by atoms with E-state index in [-0.39, 0.29) is 0 Å². The Morgan fingerprint density at radius 2 is 1.75 bits per heavy atom. The van der Waals surface area contributed by atoms with Crippen LogP contribution in [-0.4, -0.2) is 27.8 Å². The maximum Gasteiger partial charge on any atom is 0.129 e. The van der Waals surface area contributed by atoms with E-state index in [0.29, 0.717) is 0 Å². The molecule has 0 aliphatic rings. The van der Waals surface area contributed by atoms with Crippen molar-refractivity contribution in [3.05, 3.63) is 54.7 Å². The SMILES string of the molecule is Cn1cc(-c2ccncc2)c(-c2ccc(C#C[Si](C)(C)C)nc2)n1. The molecule has 0 spiro atoms. The van der Waals surface area contributed by atoms with Crippen LogP contribution in [0, 0.1) is 11.5 Å². The van der Waals surface area contributed by atoms with Crippen LogP contribution >= 0.6 is 0 Å². The molecule has 24 heavy (non-hydrogen) atoms. The summed E-state index contributed by atoms with van der Waals surface area (Å²) < 4.78 is 1.82. The highest BCUT2D eigenvalue weighted by Crippen LogP contribution is 2.30. The van der Waals surface area contributed by atoms with E-state index in [4.69, 9.17) is 0 Å². The van der Waals surface area contributed by atoms with Gasteiger partial charge in [-0.1, -0.05) is 25.6 Å². The maximum absolute atomic E-state index is 4.60. The van der Waals surface area contributed by atoms with Crippen LogP contribution in [0.25, 0.3) is 22.4 Å². The fourth-order valence-electron chi connectivity index (χ4n) is 2.30. The Bertz CT molecular complexity index is 895. The summed E-state index contributed by atoms with van der Waals surface area (Å²) in [5, 5.41) is 4.60. The van der Waals surface area contributed by atoms with Crippen molar-refractivity contribution in [3.8, 4) is 33.8 Å². The van der Waals surface area contributed by atoms with Gasteiger partial charge in [-0.15, -0.1) is 5.54 Å². The predicted octanol–water partition coefficient (Wildman–Crippen LogP) is 3.77. The molecule has 0 amide bonds. The second-order valence-corrected chi connectivity index (χ2v) is 11.5. The van der Waals surface area contributed by atoms with Gasteiger partial charge in [-0.25, -0.2) is 4.98 Å². The van der Waals surface area contributed by atoms with Gasteiger partial charge in [-0.3, -0.25) is 9.67 Å². The molecule has 3 aromatic heterocycles. The zero-order valence-corrected chi connectivity index (χ0v) is 15.4. The van der Waals surface area contributed by atoms with E-state index in [1.807, 2.05) is 48.4 Å². The summed E-state index contributed by atoms with van der Waals surface area (Å²) in [6.07, 6.45) is 7.45. The summed E-state index contributed by atoms with van der Waals surface area (Å²) in [7, 11) is 0.536. The predicted molar refractivity (Wildman–Crippen MR) is 99.9 cm³/mol. The Kier molecular flexibility index (Phi) is 4.32. The van der Waals surface area contributed by atoms with Gasteiger partial charge in [0.1, 0.15) is 19.5 Å². The second-order valence-electron chi connectivity index (χ2n) is 6.73. The molecule has 120 valence electrons.